The Bertz CT molecular complexity index is 641. The molecule has 0 heterocycles. The predicted molar refractivity (Wildman–Crippen MR) is 76.7 cm³/mol. The van der Waals surface area contributed by atoms with Crippen molar-refractivity contribution in [1.29, 1.82) is 0 Å². The Kier molecular flexibility index (Phi) is 5.68. The van der Waals surface area contributed by atoms with Crippen LogP contribution in [0.25, 0.3) is 0 Å². The van der Waals surface area contributed by atoms with Crippen LogP contribution in [0.2, 0.25) is 0 Å². The Labute approximate surface area is 122 Å². The first kappa shape index (κ1) is 16.9. The minimum Gasteiger partial charge on any atom is -0.480 e. The van der Waals surface area contributed by atoms with Gasteiger partial charge in [-0.15, -0.1) is 0 Å². The second-order valence-electron chi connectivity index (χ2n) is 4.34. The molecule has 1 aromatic rings. The summed E-state index contributed by atoms with van der Waals surface area (Å²) in [5.74, 6) is -1.66. The maximum atomic E-state index is 11.5. The van der Waals surface area contributed by atoms with Crippen molar-refractivity contribution >= 4 is 33.3 Å². The van der Waals surface area contributed by atoms with Crippen LogP contribution < -0.4 is 10.0 Å². The number of ether oxygens (including phenoxy) is 1. The zero-order valence-corrected chi connectivity index (χ0v) is 12.4. The van der Waals surface area contributed by atoms with E-state index in [1.54, 1.807) is 13.0 Å². The highest BCUT2D eigenvalue weighted by Crippen LogP contribution is 2.20. The molecule has 0 saturated heterocycles. The van der Waals surface area contributed by atoms with E-state index in [1.165, 1.54) is 12.1 Å². The molecule has 0 aromatic heterocycles. The fourth-order valence-corrected chi connectivity index (χ4v) is 2.11. The summed E-state index contributed by atoms with van der Waals surface area (Å²) in [4.78, 5) is 21.7. The van der Waals surface area contributed by atoms with E-state index < -0.39 is 28.5 Å². The number of carbonyl (C=O) groups excluding carboxylic acids is 1. The van der Waals surface area contributed by atoms with E-state index >= 15 is 0 Å². The molecule has 8 nitrogen and oxygen atoms in total. The second-order valence-corrected chi connectivity index (χ2v) is 6.09. The molecular formula is C12H16N2O6S. The van der Waals surface area contributed by atoms with E-state index in [0.29, 0.717) is 16.9 Å². The van der Waals surface area contributed by atoms with Gasteiger partial charge in [-0.25, -0.2) is 13.2 Å². The van der Waals surface area contributed by atoms with Gasteiger partial charge < -0.3 is 15.2 Å². The standard InChI is InChI=1S/C12H16N2O6S/c1-8-5-9(3-4-10(8)14-21(2,18)19)13-11(15)6-20-7-12(16)17/h3-5,14H,6-7H2,1-2H3,(H,13,15)(H,16,17). The molecule has 0 bridgehead atoms. The highest BCUT2D eigenvalue weighted by atomic mass is 32.2. The molecule has 3 N–H and O–H groups in total. The van der Waals surface area contributed by atoms with Crippen molar-refractivity contribution in [3.05, 3.63) is 23.8 Å². The average Bonchev–Trinajstić information content (AvgIpc) is 2.30. The van der Waals surface area contributed by atoms with E-state index in [1.807, 2.05) is 0 Å². The van der Waals surface area contributed by atoms with Gasteiger partial charge in [0, 0.05) is 5.69 Å². The van der Waals surface area contributed by atoms with Crippen molar-refractivity contribution in [1.82, 2.24) is 0 Å². The molecule has 9 heteroatoms. The van der Waals surface area contributed by atoms with Crippen molar-refractivity contribution in [3.63, 3.8) is 0 Å². The zero-order valence-electron chi connectivity index (χ0n) is 11.5. The molecule has 0 unspecified atom stereocenters. The predicted octanol–water partition coefficient (Wildman–Crippen LogP) is 0.406. The van der Waals surface area contributed by atoms with Crippen molar-refractivity contribution in [3.8, 4) is 0 Å². The Balaban J connectivity index is 2.63. The Morgan fingerprint density at radius 3 is 2.48 bits per heavy atom. The topological polar surface area (TPSA) is 122 Å². The van der Waals surface area contributed by atoms with E-state index in [9.17, 15) is 18.0 Å². The molecule has 0 aliphatic rings. The van der Waals surface area contributed by atoms with E-state index in [4.69, 9.17) is 5.11 Å². The molecule has 21 heavy (non-hydrogen) atoms. The SMILES string of the molecule is Cc1cc(NC(=O)COCC(=O)O)ccc1NS(C)(=O)=O. The first-order chi connectivity index (χ1) is 9.67. The largest absolute Gasteiger partial charge is 0.480 e. The molecule has 1 rings (SSSR count). The summed E-state index contributed by atoms with van der Waals surface area (Å²) in [6, 6.07) is 4.63. The number of anilines is 2. The normalized spacial score (nSPS) is 11.0. The maximum absolute atomic E-state index is 11.5. The van der Waals surface area contributed by atoms with Crippen LogP contribution in [-0.2, 0) is 24.3 Å². The number of rotatable bonds is 7. The molecule has 116 valence electrons. The number of benzene rings is 1. The van der Waals surface area contributed by atoms with Gasteiger partial charge in [-0.2, -0.15) is 0 Å². The third kappa shape index (κ3) is 6.72. The molecule has 0 fully saturated rings. The molecule has 0 saturated carbocycles. The number of carboxylic acids is 1. The maximum Gasteiger partial charge on any atom is 0.329 e. The molecule has 1 aromatic carbocycles. The van der Waals surface area contributed by atoms with Crippen molar-refractivity contribution in [2.24, 2.45) is 0 Å². The number of sulfonamides is 1. The van der Waals surface area contributed by atoms with Crippen LogP contribution in [0, 0.1) is 6.92 Å². The van der Waals surface area contributed by atoms with Crippen LogP contribution in [0.1, 0.15) is 5.56 Å². The lowest BCUT2D eigenvalue weighted by molar-refractivity contribution is -0.143. The summed E-state index contributed by atoms with van der Waals surface area (Å²) in [7, 11) is -3.37. The molecule has 1 amide bonds. The number of hydrogen-bond acceptors (Lipinski definition) is 5. The van der Waals surface area contributed by atoms with Crippen molar-refractivity contribution < 1.29 is 27.9 Å². The Morgan fingerprint density at radius 2 is 1.95 bits per heavy atom. The number of aliphatic carboxylic acids is 1. The molecule has 0 aliphatic heterocycles. The summed E-state index contributed by atoms with van der Waals surface area (Å²) in [5, 5.41) is 10.9. The van der Waals surface area contributed by atoms with E-state index in [-0.39, 0.29) is 6.61 Å². The van der Waals surface area contributed by atoms with Crippen LogP contribution in [0.5, 0.6) is 0 Å². The quantitative estimate of drug-likeness (QED) is 0.669. The highest BCUT2D eigenvalue weighted by Gasteiger charge is 2.08. The van der Waals surface area contributed by atoms with Crippen molar-refractivity contribution in [2.75, 3.05) is 29.5 Å². The monoisotopic (exact) mass is 316 g/mol. The first-order valence-electron chi connectivity index (χ1n) is 5.85. The van der Waals surface area contributed by atoms with Crippen LogP contribution in [0.3, 0.4) is 0 Å². The Morgan fingerprint density at radius 1 is 1.29 bits per heavy atom. The fraction of sp³-hybridized carbons (Fsp3) is 0.333. The van der Waals surface area contributed by atoms with Crippen LogP contribution in [0.4, 0.5) is 11.4 Å². The number of carbonyl (C=O) groups is 2. The van der Waals surface area contributed by atoms with Gasteiger partial charge in [0.15, 0.2) is 0 Å². The van der Waals surface area contributed by atoms with Gasteiger partial charge in [0.05, 0.1) is 11.9 Å². The van der Waals surface area contributed by atoms with Gasteiger partial charge in [0.1, 0.15) is 13.2 Å². The minimum atomic E-state index is -3.37. The lowest BCUT2D eigenvalue weighted by Gasteiger charge is -2.10. The molecule has 0 aliphatic carbocycles. The van der Waals surface area contributed by atoms with Gasteiger partial charge in [-0.1, -0.05) is 0 Å². The van der Waals surface area contributed by atoms with Crippen LogP contribution in [-0.4, -0.2) is 44.9 Å². The average molecular weight is 316 g/mol. The summed E-state index contributed by atoms with van der Waals surface area (Å²) in [6.45, 7) is 0.752. The summed E-state index contributed by atoms with van der Waals surface area (Å²) in [5.41, 5.74) is 1.50. The molecule has 0 atom stereocenters. The number of hydrogen-bond donors (Lipinski definition) is 3. The first-order valence-corrected chi connectivity index (χ1v) is 7.74. The van der Waals surface area contributed by atoms with Gasteiger partial charge in [-0.05, 0) is 30.7 Å². The molecule has 0 spiro atoms. The Hall–Kier alpha value is -2.13. The summed E-state index contributed by atoms with van der Waals surface area (Å²) in [6.07, 6.45) is 1.04. The van der Waals surface area contributed by atoms with Crippen molar-refractivity contribution in [2.45, 2.75) is 6.92 Å². The lowest BCUT2D eigenvalue weighted by Crippen LogP contribution is -2.20. The smallest absolute Gasteiger partial charge is 0.329 e. The van der Waals surface area contributed by atoms with E-state index in [0.717, 1.165) is 6.26 Å². The number of carboxylic acid groups (broad SMARTS) is 1. The summed E-state index contributed by atoms with van der Waals surface area (Å²) < 4.78 is 29.3. The minimum absolute atomic E-state index is 0.380. The molecular weight excluding hydrogens is 300 g/mol. The number of nitrogens with one attached hydrogen (secondary N) is 2. The van der Waals surface area contributed by atoms with Gasteiger partial charge >= 0.3 is 5.97 Å². The highest BCUT2D eigenvalue weighted by molar-refractivity contribution is 7.92. The second kappa shape index (κ2) is 7.04. The van der Waals surface area contributed by atoms with Gasteiger partial charge in [-0.3, -0.25) is 9.52 Å². The van der Waals surface area contributed by atoms with E-state index in [2.05, 4.69) is 14.8 Å². The lowest BCUT2D eigenvalue weighted by atomic mass is 10.2. The zero-order chi connectivity index (χ0) is 16.0. The van der Waals surface area contributed by atoms with Gasteiger partial charge in [0.2, 0.25) is 15.9 Å². The van der Waals surface area contributed by atoms with Crippen LogP contribution in [0.15, 0.2) is 18.2 Å². The number of amides is 1. The third-order valence-corrected chi connectivity index (χ3v) is 2.85. The molecule has 0 radical (unpaired) electrons. The number of aryl methyl sites for hydroxylation is 1. The summed E-state index contributed by atoms with van der Waals surface area (Å²) >= 11 is 0. The third-order valence-electron chi connectivity index (χ3n) is 2.26. The van der Waals surface area contributed by atoms with Gasteiger partial charge in [0.25, 0.3) is 0 Å². The van der Waals surface area contributed by atoms with Crippen LogP contribution >= 0.6 is 0 Å². The fourth-order valence-electron chi connectivity index (χ4n) is 1.48.